The van der Waals surface area contributed by atoms with Crippen LogP contribution in [0.15, 0.2) is 18.5 Å². The molecule has 1 aliphatic rings. The normalized spacial score (nSPS) is 12.9. The number of anilines is 1. The van der Waals surface area contributed by atoms with Crippen molar-refractivity contribution in [3.05, 3.63) is 46.7 Å². The largest absolute Gasteiger partial charge is 0.466 e. The fourth-order valence-corrected chi connectivity index (χ4v) is 4.17. The van der Waals surface area contributed by atoms with Gasteiger partial charge in [0.1, 0.15) is 17.7 Å². The summed E-state index contributed by atoms with van der Waals surface area (Å²) in [6.45, 7) is 9.03. The van der Waals surface area contributed by atoms with Crippen LogP contribution in [-0.4, -0.2) is 34.1 Å². The summed E-state index contributed by atoms with van der Waals surface area (Å²) in [6, 6.07) is 4.32. The van der Waals surface area contributed by atoms with Gasteiger partial charge in [0.25, 0.3) is 0 Å². The predicted octanol–water partition coefficient (Wildman–Crippen LogP) is 5.67. The number of ether oxygens (including phenoxy) is 1. The molecule has 1 atom stereocenters. The summed E-state index contributed by atoms with van der Waals surface area (Å²) in [5.41, 5.74) is 3.76. The van der Waals surface area contributed by atoms with E-state index < -0.39 is 0 Å². The molecule has 2 aromatic heterocycles. The molecule has 0 aromatic carbocycles. The van der Waals surface area contributed by atoms with Gasteiger partial charge in [-0.2, -0.15) is 5.26 Å². The summed E-state index contributed by atoms with van der Waals surface area (Å²) in [6.07, 6.45) is 11.9. The summed E-state index contributed by atoms with van der Waals surface area (Å²) in [7, 11) is 0. The highest BCUT2D eigenvalue weighted by molar-refractivity contribution is 5.70. The Balaban J connectivity index is 0.00000199. The number of nitrogens with one attached hydrogen (secondary N) is 1. The molecule has 3 rings (SSSR count). The lowest BCUT2D eigenvalue weighted by molar-refractivity contribution is -0.143. The third-order valence-electron chi connectivity index (χ3n) is 5.92. The topological polar surface area (TPSA) is 101 Å². The lowest BCUT2D eigenvalue weighted by atomic mass is 9.91. The summed E-state index contributed by atoms with van der Waals surface area (Å²) < 4.78 is 5.15. The van der Waals surface area contributed by atoms with Gasteiger partial charge in [-0.15, -0.1) is 0 Å². The van der Waals surface area contributed by atoms with E-state index in [9.17, 15) is 10.1 Å². The second-order valence-electron chi connectivity index (χ2n) is 8.36. The van der Waals surface area contributed by atoms with E-state index in [1.807, 2.05) is 46.2 Å². The minimum absolute atomic E-state index is 0.0771. The zero-order valence-corrected chi connectivity index (χ0v) is 21.2. The van der Waals surface area contributed by atoms with Crippen LogP contribution in [-0.2, 0) is 22.4 Å². The van der Waals surface area contributed by atoms with Crippen LogP contribution < -0.4 is 5.32 Å². The van der Waals surface area contributed by atoms with Gasteiger partial charge in [-0.25, -0.2) is 15.0 Å². The molecule has 7 nitrogen and oxygen atoms in total. The third-order valence-corrected chi connectivity index (χ3v) is 5.92. The van der Waals surface area contributed by atoms with Crippen LogP contribution in [0.2, 0.25) is 0 Å². The summed E-state index contributed by atoms with van der Waals surface area (Å²) in [5, 5.41) is 12.9. The van der Waals surface area contributed by atoms with Crippen LogP contribution >= 0.6 is 0 Å². The number of unbranched alkanes of at least 4 members (excludes halogenated alkanes) is 3. The van der Waals surface area contributed by atoms with Crippen LogP contribution in [0.1, 0.15) is 99.8 Å². The fraction of sp³-hybridized carbons (Fsp3) is 0.593. The number of fused-ring (bicyclic) bond motifs is 1. The number of esters is 1. The van der Waals surface area contributed by atoms with Crippen molar-refractivity contribution >= 4 is 11.8 Å². The number of rotatable bonds is 11. The summed E-state index contributed by atoms with van der Waals surface area (Å²) >= 11 is 0. The summed E-state index contributed by atoms with van der Waals surface area (Å²) in [4.78, 5) is 25.4. The van der Waals surface area contributed by atoms with Crippen LogP contribution in [0, 0.1) is 18.3 Å². The van der Waals surface area contributed by atoms with Crippen molar-refractivity contribution < 1.29 is 9.53 Å². The SMILES string of the molecule is CC.CCOC(=O)C[C@H](CCCCCCc1nc2c(cc1C#N)CCCN2)c1cnc(C)nc1. The Hall–Kier alpha value is -3.01. The summed E-state index contributed by atoms with van der Waals surface area (Å²) in [5.74, 6) is 1.58. The molecule has 2 aromatic rings. The molecule has 0 saturated heterocycles. The molecule has 7 heteroatoms. The molecule has 184 valence electrons. The molecule has 0 saturated carbocycles. The molecule has 34 heavy (non-hydrogen) atoms. The maximum absolute atomic E-state index is 12.0. The van der Waals surface area contributed by atoms with E-state index in [0.29, 0.717) is 18.6 Å². The number of aromatic nitrogens is 3. The Bertz CT molecular complexity index is 937. The minimum Gasteiger partial charge on any atom is -0.466 e. The molecular weight excluding hydrogens is 426 g/mol. The van der Waals surface area contributed by atoms with E-state index in [4.69, 9.17) is 9.72 Å². The van der Waals surface area contributed by atoms with Crippen LogP contribution in [0.25, 0.3) is 0 Å². The molecule has 0 bridgehead atoms. The van der Waals surface area contributed by atoms with E-state index >= 15 is 0 Å². The zero-order chi connectivity index (χ0) is 24.8. The number of carbonyl (C=O) groups excluding carboxylic acids is 1. The highest BCUT2D eigenvalue weighted by Gasteiger charge is 2.18. The molecule has 0 amide bonds. The van der Waals surface area contributed by atoms with Gasteiger partial charge in [0, 0.05) is 18.9 Å². The van der Waals surface area contributed by atoms with E-state index in [1.54, 1.807) is 0 Å². The highest BCUT2D eigenvalue weighted by Crippen LogP contribution is 2.27. The second-order valence-corrected chi connectivity index (χ2v) is 8.36. The van der Waals surface area contributed by atoms with E-state index in [-0.39, 0.29) is 11.9 Å². The average Bonchev–Trinajstić information content (AvgIpc) is 2.86. The monoisotopic (exact) mass is 465 g/mol. The van der Waals surface area contributed by atoms with Crippen molar-refractivity contribution in [2.24, 2.45) is 0 Å². The standard InChI is InChI=1S/C25H33N5O2.C2H6/c1-3-32-24(31)14-19(22-16-28-18(2)29-17-22)9-6-4-5-7-11-23-21(15-26)13-20-10-8-12-27-25(20)30-23;1-2/h13,16-17,19H,3-12,14H2,1-2H3,(H,27,30);1-2H3/t19-;/m0./s1. The molecule has 3 heterocycles. The van der Waals surface area contributed by atoms with Crippen LogP contribution in [0.4, 0.5) is 5.82 Å². The van der Waals surface area contributed by atoms with Crippen LogP contribution in [0.5, 0.6) is 0 Å². The third kappa shape index (κ3) is 8.40. The van der Waals surface area contributed by atoms with Gasteiger partial charge in [0.2, 0.25) is 0 Å². The van der Waals surface area contributed by atoms with Crippen molar-refractivity contribution in [3.63, 3.8) is 0 Å². The Kier molecular flexibility index (Phi) is 12.0. The number of nitrogens with zero attached hydrogens (tertiary/aromatic N) is 4. The molecule has 1 N–H and O–H groups in total. The number of nitriles is 1. The van der Waals surface area contributed by atoms with Crippen LogP contribution in [0.3, 0.4) is 0 Å². The van der Waals surface area contributed by atoms with Gasteiger partial charge in [-0.1, -0.05) is 33.1 Å². The molecule has 0 fully saturated rings. The second kappa shape index (κ2) is 15.0. The van der Waals surface area contributed by atoms with Gasteiger partial charge in [-0.05, 0) is 69.1 Å². The Morgan fingerprint density at radius 3 is 2.65 bits per heavy atom. The molecule has 0 unspecified atom stereocenters. The van der Waals surface area contributed by atoms with Gasteiger partial charge in [-0.3, -0.25) is 4.79 Å². The first-order chi connectivity index (χ1) is 16.6. The molecule has 0 aliphatic carbocycles. The lowest BCUT2D eigenvalue weighted by Gasteiger charge is -2.18. The lowest BCUT2D eigenvalue weighted by Crippen LogP contribution is -2.15. The molecule has 0 spiro atoms. The number of hydrogen-bond donors (Lipinski definition) is 1. The Morgan fingerprint density at radius 2 is 1.94 bits per heavy atom. The van der Waals surface area contributed by atoms with Crippen molar-refractivity contribution in [1.82, 2.24) is 15.0 Å². The van der Waals surface area contributed by atoms with E-state index in [1.165, 1.54) is 0 Å². The Morgan fingerprint density at radius 1 is 1.21 bits per heavy atom. The number of hydrogen-bond acceptors (Lipinski definition) is 7. The molecule has 1 aliphatic heterocycles. The molecule has 0 radical (unpaired) electrons. The number of aryl methyl sites for hydroxylation is 3. The fourth-order valence-electron chi connectivity index (χ4n) is 4.17. The maximum atomic E-state index is 12.0. The Labute approximate surface area is 204 Å². The van der Waals surface area contributed by atoms with Crippen molar-refractivity contribution in [2.75, 3.05) is 18.5 Å². The predicted molar refractivity (Wildman–Crippen MR) is 135 cm³/mol. The van der Waals surface area contributed by atoms with Crippen molar-refractivity contribution in [2.45, 2.75) is 91.4 Å². The quantitative estimate of drug-likeness (QED) is 0.337. The van der Waals surface area contributed by atoms with Gasteiger partial charge in [0.05, 0.1) is 24.3 Å². The van der Waals surface area contributed by atoms with Gasteiger partial charge < -0.3 is 10.1 Å². The highest BCUT2D eigenvalue weighted by atomic mass is 16.5. The van der Waals surface area contributed by atoms with E-state index in [2.05, 4.69) is 21.4 Å². The minimum atomic E-state index is -0.172. The van der Waals surface area contributed by atoms with Gasteiger partial charge >= 0.3 is 5.97 Å². The van der Waals surface area contributed by atoms with Crippen molar-refractivity contribution in [1.29, 1.82) is 5.26 Å². The average molecular weight is 466 g/mol. The van der Waals surface area contributed by atoms with E-state index in [0.717, 1.165) is 86.4 Å². The first-order valence-electron chi connectivity index (χ1n) is 12.7. The zero-order valence-electron chi connectivity index (χ0n) is 21.2. The number of pyridine rings is 1. The number of carbonyl (C=O) groups is 1. The smallest absolute Gasteiger partial charge is 0.306 e. The first-order valence-corrected chi connectivity index (χ1v) is 12.7. The molecular formula is C27H39N5O2. The van der Waals surface area contributed by atoms with Gasteiger partial charge in [0.15, 0.2) is 0 Å². The van der Waals surface area contributed by atoms with Crippen molar-refractivity contribution in [3.8, 4) is 6.07 Å². The first kappa shape index (κ1) is 27.2. The maximum Gasteiger partial charge on any atom is 0.306 e.